The van der Waals surface area contributed by atoms with E-state index in [0.29, 0.717) is 12.8 Å². The van der Waals surface area contributed by atoms with E-state index in [-0.39, 0.29) is 19.4 Å². The number of phosphoric ester groups is 1. The van der Waals surface area contributed by atoms with Gasteiger partial charge in [0.2, 0.25) is 0 Å². The summed E-state index contributed by atoms with van der Waals surface area (Å²) in [6, 6.07) is 0. The Kier molecular flexibility index (Phi) is 35.3. The molecule has 1 unspecified atom stereocenters. The topological polar surface area (TPSA) is 149 Å². The van der Waals surface area contributed by atoms with Crippen LogP contribution in [-0.4, -0.2) is 65.7 Å². The maximum Gasteiger partial charge on any atom is 0.472 e. The third-order valence-electron chi connectivity index (χ3n) is 7.91. The van der Waals surface area contributed by atoms with Gasteiger partial charge in [-0.05, 0) is 77.0 Å². The zero-order valence-electron chi connectivity index (χ0n) is 32.3. The normalized spacial score (nSPS) is 14.6. The van der Waals surface area contributed by atoms with Crippen LogP contribution in [0, 0.1) is 0 Å². The number of carbonyl (C=O) groups excluding carboxylic acids is 2. The Morgan fingerprint density at radius 1 is 0.596 bits per heavy atom. The molecule has 0 aromatic rings. The lowest BCUT2D eigenvalue weighted by molar-refractivity contribution is -0.161. The third-order valence-corrected chi connectivity index (χ3v) is 8.86. The van der Waals surface area contributed by atoms with Crippen molar-refractivity contribution in [1.82, 2.24) is 0 Å². The van der Waals surface area contributed by atoms with Crippen molar-refractivity contribution in [3.8, 4) is 0 Å². The van der Waals surface area contributed by atoms with Crippen LogP contribution in [0.4, 0.5) is 0 Å². The molecular weight excluding hydrogens is 683 g/mol. The highest BCUT2D eigenvalue weighted by atomic mass is 31.2. The Morgan fingerprint density at radius 3 is 1.65 bits per heavy atom. The summed E-state index contributed by atoms with van der Waals surface area (Å²) in [6.07, 6.45) is 39.1. The van der Waals surface area contributed by atoms with E-state index in [1.807, 2.05) is 0 Å². The molecule has 0 aliphatic rings. The molecule has 0 saturated carbocycles. The second-order valence-electron chi connectivity index (χ2n) is 12.9. The molecule has 0 saturated heterocycles. The Labute approximate surface area is 315 Å². The van der Waals surface area contributed by atoms with Gasteiger partial charge in [0.15, 0.2) is 6.10 Å². The van der Waals surface area contributed by atoms with Crippen molar-refractivity contribution < 1.29 is 47.8 Å². The number of phosphoric acid groups is 1. The molecule has 0 spiro atoms. The van der Waals surface area contributed by atoms with Gasteiger partial charge in [0, 0.05) is 12.8 Å². The maximum atomic E-state index is 12.6. The van der Waals surface area contributed by atoms with Gasteiger partial charge in [-0.2, -0.15) is 0 Å². The molecule has 0 amide bonds. The molecule has 0 radical (unpaired) electrons. The molecule has 3 N–H and O–H groups in total. The van der Waals surface area contributed by atoms with Gasteiger partial charge in [0.05, 0.1) is 19.8 Å². The second-order valence-corrected chi connectivity index (χ2v) is 14.4. The zero-order chi connectivity index (χ0) is 38.4. The van der Waals surface area contributed by atoms with E-state index < -0.39 is 51.8 Å². The first-order valence-electron chi connectivity index (χ1n) is 19.7. The number of hydrogen-bond acceptors (Lipinski definition) is 9. The minimum absolute atomic E-state index is 0.162. The lowest BCUT2D eigenvalue weighted by atomic mass is 10.1. The van der Waals surface area contributed by atoms with Crippen molar-refractivity contribution in [2.24, 2.45) is 0 Å². The SMILES string of the molecule is CC/C=C/C/C=C/C/C=C/C/C=C/CCCCC(=O)OC[C@H](COP(=O)(O)OC[C@@H](O)CO)OC(=O)CCCCCCC/C=C/CCCCCCC. The van der Waals surface area contributed by atoms with Gasteiger partial charge < -0.3 is 24.6 Å². The van der Waals surface area contributed by atoms with Gasteiger partial charge in [0.1, 0.15) is 12.7 Å². The summed E-state index contributed by atoms with van der Waals surface area (Å²) in [4.78, 5) is 34.8. The van der Waals surface area contributed by atoms with Crippen molar-refractivity contribution >= 4 is 19.8 Å². The average Bonchev–Trinajstić information content (AvgIpc) is 3.13. The minimum Gasteiger partial charge on any atom is -0.462 e. The number of hydrogen-bond donors (Lipinski definition) is 3. The fraction of sp³-hybridized carbons (Fsp3) is 0.707. The van der Waals surface area contributed by atoms with Gasteiger partial charge in [-0.1, -0.05) is 120 Å². The summed E-state index contributed by atoms with van der Waals surface area (Å²) in [5.41, 5.74) is 0. The molecule has 0 aliphatic carbocycles. The molecule has 0 rings (SSSR count). The number of allylic oxidation sites excluding steroid dienone is 10. The predicted octanol–water partition coefficient (Wildman–Crippen LogP) is 9.94. The Balaban J connectivity index is 4.45. The van der Waals surface area contributed by atoms with E-state index in [1.54, 1.807) is 0 Å². The number of esters is 2. The highest BCUT2D eigenvalue weighted by Gasteiger charge is 2.27. The first kappa shape index (κ1) is 49.7. The number of carbonyl (C=O) groups is 2. The van der Waals surface area contributed by atoms with Gasteiger partial charge in [0.25, 0.3) is 0 Å². The Morgan fingerprint density at radius 2 is 1.06 bits per heavy atom. The van der Waals surface area contributed by atoms with Crippen molar-refractivity contribution in [1.29, 1.82) is 0 Å². The molecule has 52 heavy (non-hydrogen) atoms. The summed E-state index contributed by atoms with van der Waals surface area (Å²) in [6.45, 7) is 2.17. The quantitative estimate of drug-likeness (QED) is 0.0244. The molecule has 0 heterocycles. The van der Waals surface area contributed by atoms with Gasteiger partial charge in [-0.25, -0.2) is 4.57 Å². The fourth-order valence-electron chi connectivity index (χ4n) is 4.86. The lowest BCUT2D eigenvalue weighted by Crippen LogP contribution is -2.29. The standard InChI is InChI=1S/C41H71O10P/c1-3-5-7-9-11-13-15-17-19-21-22-24-26-28-30-32-40(44)48-36-39(37-50-52(46,47)49-35-38(43)34-42)51-41(45)33-31-29-27-25-23-20-18-16-14-12-10-8-6-4-2/h5,7,11,13,16-19,22,24,38-39,42-43H,3-4,6,8-10,12,14-15,20-21,23,25-37H2,1-2H3,(H,46,47)/b7-5+,13-11+,18-16+,19-17+,24-22+/t38-,39+/m0/s1. The highest BCUT2D eigenvalue weighted by Crippen LogP contribution is 2.43. The molecule has 300 valence electrons. The Hall–Kier alpha value is -2.33. The van der Waals surface area contributed by atoms with Crippen LogP contribution in [0.25, 0.3) is 0 Å². The van der Waals surface area contributed by atoms with Crippen LogP contribution < -0.4 is 0 Å². The summed E-state index contributed by atoms with van der Waals surface area (Å²) >= 11 is 0. The van der Waals surface area contributed by atoms with Crippen LogP contribution in [0.2, 0.25) is 0 Å². The van der Waals surface area contributed by atoms with E-state index in [1.165, 1.54) is 32.1 Å². The van der Waals surface area contributed by atoms with Crippen molar-refractivity contribution in [3.63, 3.8) is 0 Å². The first-order valence-corrected chi connectivity index (χ1v) is 21.2. The molecule has 3 atom stereocenters. The van der Waals surface area contributed by atoms with Crippen LogP contribution in [0.3, 0.4) is 0 Å². The van der Waals surface area contributed by atoms with Crippen LogP contribution >= 0.6 is 7.82 Å². The smallest absolute Gasteiger partial charge is 0.462 e. The van der Waals surface area contributed by atoms with Crippen LogP contribution in [0.5, 0.6) is 0 Å². The van der Waals surface area contributed by atoms with Crippen LogP contribution in [0.1, 0.15) is 149 Å². The molecule has 0 bridgehead atoms. The summed E-state index contributed by atoms with van der Waals surface area (Å²) in [5, 5.41) is 18.3. The van der Waals surface area contributed by atoms with E-state index in [4.69, 9.17) is 19.1 Å². The van der Waals surface area contributed by atoms with E-state index >= 15 is 0 Å². The zero-order valence-corrected chi connectivity index (χ0v) is 33.1. The van der Waals surface area contributed by atoms with Gasteiger partial charge in [-0.3, -0.25) is 18.6 Å². The molecule has 11 heteroatoms. The van der Waals surface area contributed by atoms with Crippen molar-refractivity contribution in [2.75, 3.05) is 26.4 Å². The Bertz CT molecular complexity index is 1050. The van der Waals surface area contributed by atoms with Crippen molar-refractivity contribution in [2.45, 2.75) is 161 Å². The first-order chi connectivity index (χ1) is 25.2. The summed E-state index contributed by atoms with van der Waals surface area (Å²) in [5.74, 6) is -0.989. The van der Waals surface area contributed by atoms with Crippen LogP contribution in [0.15, 0.2) is 60.8 Å². The largest absolute Gasteiger partial charge is 0.472 e. The average molecular weight is 755 g/mol. The summed E-state index contributed by atoms with van der Waals surface area (Å²) in [7, 11) is -4.63. The number of aliphatic hydroxyl groups excluding tert-OH is 2. The predicted molar refractivity (Wildman–Crippen MR) is 210 cm³/mol. The molecule has 0 aromatic carbocycles. The van der Waals surface area contributed by atoms with E-state index in [9.17, 15) is 24.2 Å². The van der Waals surface area contributed by atoms with Crippen LogP contribution in [-0.2, 0) is 32.7 Å². The van der Waals surface area contributed by atoms with E-state index in [0.717, 1.165) is 77.0 Å². The molecule has 0 aromatic heterocycles. The number of ether oxygens (including phenoxy) is 2. The molecule has 10 nitrogen and oxygen atoms in total. The summed E-state index contributed by atoms with van der Waals surface area (Å²) < 4.78 is 32.6. The third kappa shape index (κ3) is 36.0. The van der Waals surface area contributed by atoms with Gasteiger partial charge in [-0.15, -0.1) is 0 Å². The number of rotatable bonds is 36. The highest BCUT2D eigenvalue weighted by molar-refractivity contribution is 7.47. The minimum atomic E-state index is -4.63. The number of aliphatic hydroxyl groups is 2. The lowest BCUT2D eigenvalue weighted by Gasteiger charge is -2.20. The second kappa shape index (κ2) is 37.0. The van der Waals surface area contributed by atoms with Crippen molar-refractivity contribution in [3.05, 3.63) is 60.8 Å². The molecule has 0 fully saturated rings. The monoisotopic (exact) mass is 754 g/mol. The fourth-order valence-corrected chi connectivity index (χ4v) is 5.65. The van der Waals surface area contributed by atoms with Gasteiger partial charge >= 0.3 is 19.8 Å². The molecular formula is C41H71O10P. The van der Waals surface area contributed by atoms with E-state index in [2.05, 4.69) is 79.1 Å². The molecule has 0 aliphatic heterocycles. The number of unbranched alkanes of at least 4 members (excludes halogenated alkanes) is 12. The maximum absolute atomic E-state index is 12.6.